The molecular weight excluding hydrogens is 464 g/mol. The van der Waals surface area contributed by atoms with Crippen LogP contribution in [-0.2, 0) is 6.54 Å². The summed E-state index contributed by atoms with van der Waals surface area (Å²) in [5.41, 5.74) is 2.75. The van der Waals surface area contributed by atoms with Crippen LogP contribution < -0.4 is 15.0 Å². The second-order valence-electron chi connectivity index (χ2n) is 8.22. The molecule has 4 heterocycles. The molecular formula is C24H28N8O2S. The Labute approximate surface area is 207 Å². The molecule has 0 atom stereocenters. The first kappa shape index (κ1) is 23.2. The Morgan fingerprint density at radius 1 is 1.23 bits per heavy atom. The molecule has 1 aliphatic rings. The van der Waals surface area contributed by atoms with Crippen molar-refractivity contribution in [3.05, 3.63) is 42.2 Å². The number of nitrogens with one attached hydrogen (secondary N) is 2. The van der Waals surface area contributed by atoms with E-state index in [1.54, 1.807) is 24.9 Å². The van der Waals surface area contributed by atoms with Crippen molar-refractivity contribution < 1.29 is 9.53 Å². The van der Waals surface area contributed by atoms with E-state index in [0.29, 0.717) is 24.5 Å². The van der Waals surface area contributed by atoms with Gasteiger partial charge in [0.05, 0.1) is 30.9 Å². The number of methoxy groups -OCH3 is 1. The second kappa shape index (κ2) is 10.3. The molecule has 11 heteroatoms. The summed E-state index contributed by atoms with van der Waals surface area (Å²) in [6.45, 7) is 5.01. The molecule has 0 aliphatic carbocycles. The van der Waals surface area contributed by atoms with Crippen LogP contribution in [0.5, 0.6) is 5.75 Å². The van der Waals surface area contributed by atoms with E-state index in [0.717, 1.165) is 52.2 Å². The van der Waals surface area contributed by atoms with E-state index in [9.17, 15) is 4.79 Å². The number of amides is 1. The average molecular weight is 493 g/mol. The summed E-state index contributed by atoms with van der Waals surface area (Å²) >= 11 is 1.63. The van der Waals surface area contributed by atoms with Gasteiger partial charge in [0, 0.05) is 25.2 Å². The maximum absolute atomic E-state index is 12.7. The van der Waals surface area contributed by atoms with Crippen LogP contribution in [-0.4, -0.2) is 68.3 Å². The second-order valence-corrected chi connectivity index (χ2v) is 9.45. The average Bonchev–Trinajstić information content (AvgIpc) is 3.65. The largest absolute Gasteiger partial charge is 0.497 e. The highest BCUT2D eigenvalue weighted by Crippen LogP contribution is 2.29. The molecule has 182 valence electrons. The Kier molecular flexibility index (Phi) is 6.84. The summed E-state index contributed by atoms with van der Waals surface area (Å²) in [4.78, 5) is 24.6. The number of thioether (sulfide) groups is 1. The van der Waals surface area contributed by atoms with E-state index in [4.69, 9.17) is 14.7 Å². The van der Waals surface area contributed by atoms with Crippen LogP contribution in [0.2, 0.25) is 0 Å². The molecule has 3 aromatic heterocycles. The lowest BCUT2D eigenvalue weighted by Gasteiger charge is -2.17. The predicted octanol–water partition coefficient (Wildman–Crippen LogP) is 3.37. The minimum atomic E-state index is -0.224. The lowest BCUT2D eigenvalue weighted by Crippen LogP contribution is -2.28. The van der Waals surface area contributed by atoms with Gasteiger partial charge in [-0.25, -0.2) is 14.6 Å². The van der Waals surface area contributed by atoms with Gasteiger partial charge in [-0.15, -0.1) is 0 Å². The van der Waals surface area contributed by atoms with Gasteiger partial charge in [-0.1, -0.05) is 30.8 Å². The number of hydrogen-bond donors (Lipinski definition) is 2. The topological polar surface area (TPSA) is 114 Å². The molecule has 35 heavy (non-hydrogen) atoms. The molecule has 10 nitrogen and oxygen atoms in total. The third-order valence-electron chi connectivity index (χ3n) is 5.93. The number of benzene rings is 1. The molecule has 0 radical (unpaired) electrons. The van der Waals surface area contributed by atoms with Crippen molar-refractivity contribution in [3.63, 3.8) is 0 Å². The first-order valence-electron chi connectivity index (χ1n) is 11.8. The molecule has 1 fully saturated rings. The van der Waals surface area contributed by atoms with E-state index >= 15 is 0 Å². The van der Waals surface area contributed by atoms with Gasteiger partial charge in [-0.2, -0.15) is 10.2 Å². The summed E-state index contributed by atoms with van der Waals surface area (Å²) in [6, 6.07) is 9.29. The Hall–Kier alpha value is -3.60. The number of aromatic amines is 1. The SMILES string of the molecule is CCSc1nc(N2CCCC2)c2cnn(CCNC(=O)c3cc(-c4cccc(OC)c4)n[nH]3)c2n1. The molecule has 0 saturated carbocycles. The summed E-state index contributed by atoms with van der Waals surface area (Å²) in [5, 5.41) is 16.3. The predicted molar refractivity (Wildman–Crippen MR) is 136 cm³/mol. The fourth-order valence-electron chi connectivity index (χ4n) is 4.19. The number of rotatable bonds is 9. The van der Waals surface area contributed by atoms with Gasteiger partial charge in [-0.3, -0.25) is 9.89 Å². The Morgan fingerprint density at radius 3 is 2.89 bits per heavy atom. The van der Waals surface area contributed by atoms with E-state index in [-0.39, 0.29) is 5.91 Å². The van der Waals surface area contributed by atoms with Crippen molar-refractivity contribution >= 4 is 34.5 Å². The third kappa shape index (κ3) is 4.95. The molecule has 0 spiro atoms. The van der Waals surface area contributed by atoms with Gasteiger partial charge in [0.15, 0.2) is 10.8 Å². The van der Waals surface area contributed by atoms with Crippen LogP contribution in [0.25, 0.3) is 22.3 Å². The number of ether oxygens (including phenoxy) is 1. The highest BCUT2D eigenvalue weighted by atomic mass is 32.2. The molecule has 0 bridgehead atoms. The van der Waals surface area contributed by atoms with Crippen LogP contribution in [0.4, 0.5) is 5.82 Å². The minimum Gasteiger partial charge on any atom is -0.497 e. The van der Waals surface area contributed by atoms with E-state index in [1.807, 2.05) is 35.1 Å². The van der Waals surface area contributed by atoms with Gasteiger partial charge in [0.2, 0.25) is 0 Å². The zero-order valence-corrected chi connectivity index (χ0v) is 20.6. The summed E-state index contributed by atoms with van der Waals surface area (Å²) in [5.74, 6) is 2.37. The molecule has 1 amide bonds. The van der Waals surface area contributed by atoms with Crippen LogP contribution >= 0.6 is 11.8 Å². The van der Waals surface area contributed by atoms with Crippen molar-refractivity contribution in [1.29, 1.82) is 0 Å². The number of fused-ring (bicyclic) bond motifs is 1. The van der Waals surface area contributed by atoms with E-state index in [1.165, 1.54) is 12.8 Å². The first-order valence-corrected chi connectivity index (χ1v) is 12.7. The molecule has 1 aliphatic heterocycles. The zero-order chi connectivity index (χ0) is 24.2. The number of nitrogens with zero attached hydrogens (tertiary/aromatic N) is 6. The van der Waals surface area contributed by atoms with Gasteiger partial charge in [0.25, 0.3) is 5.91 Å². The summed E-state index contributed by atoms with van der Waals surface area (Å²) in [6.07, 6.45) is 4.19. The van der Waals surface area contributed by atoms with E-state index < -0.39 is 0 Å². The first-order chi connectivity index (χ1) is 17.2. The number of carbonyl (C=O) groups is 1. The standard InChI is InChI=1S/C24H28N8O2S/c1-3-35-24-27-21(31-10-4-5-11-31)18-15-26-32(22(18)28-24)12-9-25-23(33)20-14-19(29-30-20)16-7-6-8-17(13-16)34-2/h6-8,13-15H,3-5,9-12H2,1-2H3,(H,25,33)(H,29,30). The normalized spacial score (nSPS) is 13.5. The van der Waals surface area contributed by atoms with Crippen LogP contribution in [0.15, 0.2) is 41.7 Å². The van der Waals surface area contributed by atoms with Crippen LogP contribution in [0.1, 0.15) is 30.3 Å². The quantitative estimate of drug-likeness (QED) is 0.270. The molecule has 5 rings (SSSR count). The maximum Gasteiger partial charge on any atom is 0.269 e. The van der Waals surface area contributed by atoms with Crippen LogP contribution in [0, 0.1) is 0 Å². The third-order valence-corrected chi connectivity index (χ3v) is 6.66. The summed E-state index contributed by atoms with van der Waals surface area (Å²) < 4.78 is 7.11. The lowest BCUT2D eigenvalue weighted by molar-refractivity contribution is 0.0947. The lowest BCUT2D eigenvalue weighted by atomic mass is 10.1. The summed E-state index contributed by atoms with van der Waals surface area (Å²) in [7, 11) is 1.62. The van der Waals surface area contributed by atoms with Gasteiger partial charge < -0.3 is 15.0 Å². The van der Waals surface area contributed by atoms with Crippen molar-refractivity contribution in [2.45, 2.75) is 31.5 Å². The van der Waals surface area contributed by atoms with E-state index in [2.05, 4.69) is 32.4 Å². The fraction of sp³-hybridized carbons (Fsp3) is 0.375. The molecule has 4 aromatic rings. The maximum atomic E-state index is 12.7. The van der Waals surface area contributed by atoms with Crippen molar-refractivity contribution in [3.8, 4) is 17.0 Å². The van der Waals surface area contributed by atoms with Gasteiger partial charge in [0.1, 0.15) is 17.3 Å². The monoisotopic (exact) mass is 492 g/mol. The highest BCUT2D eigenvalue weighted by Gasteiger charge is 2.21. The Morgan fingerprint density at radius 2 is 2.09 bits per heavy atom. The van der Waals surface area contributed by atoms with Gasteiger partial charge >= 0.3 is 0 Å². The number of hydrogen-bond acceptors (Lipinski definition) is 8. The molecule has 1 aromatic carbocycles. The number of aromatic nitrogens is 6. The number of H-pyrrole nitrogens is 1. The fourth-order valence-corrected chi connectivity index (χ4v) is 4.75. The minimum absolute atomic E-state index is 0.224. The Balaban J connectivity index is 1.27. The van der Waals surface area contributed by atoms with Gasteiger partial charge in [-0.05, 0) is 36.8 Å². The highest BCUT2D eigenvalue weighted by molar-refractivity contribution is 7.99. The number of carbonyl (C=O) groups excluding carboxylic acids is 1. The smallest absolute Gasteiger partial charge is 0.269 e. The number of anilines is 1. The van der Waals surface area contributed by atoms with Crippen molar-refractivity contribution in [2.75, 3.05) is 37.4 Å². The van der Waals surface area contributed by atoms with Crippen molar-refractivity contribution in [1.82, 2.24) is 35.3 Å². The Bertz CT molecular complexity index is 1330. The molecule has 2 N–H and O–H groups in total. The zero-order valence-electron chi connectivity index (χ0n) is 19.8. The van der Waals surface area contributed by atoms with Crippen molar-refractivity contribution in [2.24, 2.45) is 0 Å². The molecule has 0 unspecified atom stereocenters. The van der Waals surface area contributed by atoms with Crippen LogP contribution in [0.3, 0.4) is 0 Å². The molecule has 1 saturated heterocycles.